The van der Waals surface area contributed by atoms with Gasteiger partial charge in [0.25, 0.3) is 15.7 Å². The van der Waals surface area contributed by atoms with Crippen molar-refractivity contribution in [3.05, 3.63) is 86.9 Å². The van der Waals surface area contributed by atoms with Gasteiger partial charge in [-0.05, 0) is 49.7 Å². The smallest absolute Gasteiger partial charge is 0.271 e. The maximum absolute atomic E-state index is 13.5. The molecular weight excluding hydrogens is 482 g/mol. The van der Waals surface area contributed by atoms with Gasteiger partial charge in [0.1, 0.15) is 12.3 Å². The Morgan fingerprint density at radius 1 is 1.09 bits per heavy atom. The molecule has 9 nitrogen and oxygen atoms in total. The van der Waals surface area contributed by atoms with E-state index in [1.807, 2.05) is 6.92 Å². The van der Waals surface area contributed by atoms with Gasteiger partial charge in [-0.25, -0.2) is 8.42 Å². The Morgan fingerprint density at radius 3 is 2.35 bits per heavy atom. The number of non-ortho nitro benzene ring substituents is 1. The van der Waals surface area contributed by atoms with Gasteiger partial charge in [0, 0.05) is 17.2 Å². The second-order valence-corrected chi connectivity index (χ2v) is 9.72. The van der Waals surface area contributed by atoms with Crippen molar-refractivity contribution in [2.24, 2.45) is 0 Å². The molecule has 0 aromatic heterocycles. The zero-order valence-electron chi connectivity index (χ0n) is 18.6. The normalized spacial score (nSPS) is 11.1. The number of amides is 1. The van der Waals surface area contributed by atoms with Crippen molar-refractivity contribution >= 4 is 44.6 Å². The molecule has 0 radical (unpaired) electrons. The van der Waals surface area contributed by atoms with Gasteiger partial charge in [-0.2, -0.15) is 0 Å². The average molecular weight is 504 g/mol. The van der Waals surface area contributed by atoms with Gasteiger partial charge < -0.3 is 10.1 Å². The first-order valence-electron chi connectivity index (χ1n) is 10.0. The summed E-state index contributed by atoms with van der Waals surface area (Å²) in [6, 6.07) is 14.6. The van der Waals surface area contributed by atoms with E-state index in [9.17, 15) is 23.3 Å². The molecule has 3 rings (SSSR count). The number of halogens is 1. The van der Waals surface area contributed by atoms with Crippen molar-refractivity contribution in [2.45, 2.75) is 18.7 Å². The van der Waals surface area contributed by atoms with Gasteiger partial charge in [0.05, 0.1) is 28.3 Å². The summed E-state index contributed by atoms with van der Waals surface area (Å²) in [7, 11) is -2.80. The molecule has 178 valence electrons. The molecule has 0 aliphatic rings. The second kappa shape index (κ2) is 10.1. The number of nitrogens with one attached hydrogen (secondary N) is 1. The van der Waals surface area contributed by atoms with Crippen LogP contribution in [0.4, 0.5) is 17.1 Å². The van der Waals surface area contributed by atoms with Crippen LogP contribution in [0.5, 0.6) is 5.75 Å². The minimum absolute atomic E-state index is 0.00414. The Morgan fingerprint density at radius 2 is 1.76 bits per heavy atom. The van der Waals surface area contributed by atoms with Crippen LogP contribution in [0.3, 0.4) is 0 Å². The van der Waals surface area contributed by atoms with Crippen LogP contribution in [0.25, 0.3) is 0 Å². The van der Waals surface area contributed by atoms with E-state index < -0.39 is 27.4 Å². The maximum atomic E-state index is 13.5. The molecule has 0 heterocycles. The number of hydrogen-bond donors (Lipinski definition) is 1. The fraction of sp³-hybridized carbons (Fsp3) is 0.174. The van der Waals surface area contributed by atoms with Crippen molar-refractivity contribution < 1.29 is 22.9 Å². The highest BCUT2D eigenvalue weighted by Crippen LogP contribution is 2.31. The highest BCUT2D eigenvalue weighted by Gasteiger charge is 2.28. The van der Waals surface area contributed by atoms with E-state index in [4.69, 9.17) is 16.3 Å². The number of rotatable bonds is 8. The lowest BCUT2D eigenvalue weighted by atomic mass is 10.2. The van der Waals surface area contributed by atoms with Gasteiger partial charge in [0.15, 0.2) is 0 Å². The Balaban J connectivity index is 2.00. The Kier molecular flexibility index (Phi) is 7.43. The summed E-state index contributed by atoms with van der Waals surface area (Å²) in [5, 5.41) is 14.0. The number of anilines is 2. The Labute approximate surface area is 202 Å². The van der Waals surface area contributed by atoms with E-state index in [0.717, 1.165) is 21.5 Å². The number of hydrogen-bond acceptors (Lipinski definition) is 6. The van der Waals surface area contributed by atoms with Crippen LogP contribution in [-0.2, 0) is 14.8 Å². The molecule has 0 aliphatic carbocycles. The van der Waals surface area contributed by atoms with Gasteiger partial charge >= 0.3 is 0 Å². The van der Waals surface area contributed by atoms with Gasteiger partial charge in [-0.1, -0.05) is 35.4 Å². The van der Waals surface area contributed by atoms with Crippen LogP contribution in [0.1, 0.15) is 11.1 Å². The monoisotopic (exact) mass is 503 g/mol. The third-order valence-electron chi connectivity index (χ3n) is 5.01. The van der Waals surface area contributed by atoms with Crippen LogP contribution in [0.15, 0.2) is 65.6 Å². The van der Waals surface area contributed by atoms with Crippen molar-refractivity contribution in [2.75, 3.05) is 23.3 Å². The van der Waals surface area contributed by atoms with Crippen molar-refractivity contribution in [1.29, 1.82) is 0 Å². The number of nitro groups is 1. The number of methoxy groups -OCH3 is 1. The topological polar surface area (TPSA) is 119 Å². The van der Waals surface area contributed by atoms with Crippen molar-refractivity contribution in [3.63, 3.8) is 0 Å². The minimum atomic E-state index is -4.15. The summed E-state index contributed by atoms with van der Waals surface area (Å²) in [5.41, 5.74) is 1.59. The third-order valence-corrected chi connectivity index (χ3v) is 7.20. The number of aryl methyl sites for hydroxylation is 2. The predicted octanol–water partition coefficient (Wildman–Crippen LogP) is 4.71. The van der Waals surface area contributed by atoms with Crippen molar-refractivity contribution in [1.82, 2.24) is 0 Å². The SMILES string of the molecule is COc1ccc([N+](=O)[O-])cc1NC(=O)CN(c1ccc(C)c(Cl)c1)S(=O)(=O)c1ccc(C)cc1. The molecule has 0 bridgehead atoms. The molecule has 0 unspecified atom stereocenters. The molecule has 1 N–H and O–H groups in total. The molecule has 0 spiro atoms. The third kappa shape index (κ3) is 5.46. The first kappa shape index (κ1) is 25.0. The number of carbonyl (C=O) groups excluding carboxylic acids is 1. The zero-order chi connectivity index (χ0) is 25.0. The molecule has 11 heteroatoms. The van der Waals surface area contributed by atoms with Gasteiger partial charge in [-0.3, -0.25) is 19.2 Å². The summed E-state index contributed by atoms with van der Waals surface area (Å²) >= 11 is 6.23. The van der Waals surface area contributed by atoms with E-state index in [1.54, 1.807) is 31.2 Å². The number of nitrogens with zero attached hydrogens (tertiary/aromatic N) is 2. The van der Waals surface area contributed by atoms with Crippen LogP contribution in [0.2, 0.25) is 5.02 Å². The summed E-state index contributed by atoms with van der Waals surface area (Å²) in [6.07, 6.45) is 0. The highest BCUT2D eigenvalue weighted by molar-refractivity contribution is 7.92. The van der Waals surface area contributed by atoms with E-state index in [0.29, 0.717) is 5.02 Å². The number of sulfonamides is 1. The number of nitro benzene ring substituents is 1. The number of benzene rings is 3. The molecule has 1 amide bonds. The highest BCUT2D eigenvalue weighted by atomic mass is 35.5. The molecule has 0 saturated carbocycles. The van der Waals surface area contributed by atoms with Crippen LogP contribution in [-0.4, -0.2) is 32.9 Å². The lowest BCUT2D eigenvalue weighted by molar-refractivity contribution is -0.384. The van der Waals surface area contributed by atoms with Crippen LogP contribution >= 0.6 is 11.6 Å². The molecule has 0 fully saturated rings. The van der Waals surface area contributed by atoms with Gasteiger partial charge in [0.2, 0.25) is 5.91 Å². The first-order valence-corrected chi connectivity index (χ1v) is 11.8. The van der Waals surface area contributed by atoms with Crippen LogP contribution < -0.4 is 14.4 Å². The number of carbonyl (C=O) groups is 1. The summed E-state index contributed by atoms with van der Waals surface area (Å²) in [6.45, 7) is 2.99. The molecular formula is C23H22ClN3O6S. The molecule has 3 aromatic carbocycles. The van der Waals surface area contributed by atoms with Crippen LogP contribution in [0, 0.1) is 24.0 Å². The molecule has 34 heavy (non-hydrogen) atoms. The fourth-order valence-corrected chi connectivity index (χ4v) is 4.70. The standard InChI is InChI=1S/C23H22ClN3O6S/c1-15-4-9-19(10-5-15)34(31,32)26(17-7-6-16(2)20(24)12-17)14-23(28)25-21-13-18(27(29)30)8-11-22(21)33-3/h4-13H,14H2,1-3H3,(H,25,28). The number of ether oxygens (including phenoxy) is 1. The fourth-order valence-electron chi connectivity index (χ4n) is 3.12. The summed E-state index contributed by atoms with van der Waals surface area (Å²) < 4.78 is 33.1. The minimum Gasteiger partial charge on any atom is -0.495 e. The molecule has 3 aromatic rings. The quantitative estimate of drug-likeness (QED) is 0.351. The lowest BCUT2D eigenvalue weighted by Crippen LogP contribution is -2.38. The van der Waals surface area contributed by atoms with E-state index >= 15 is 0 Å². The Bertz CT molecular complexity index is 1340. The zero-order valence-corrected chi connectivity index (χ0v) is 20.2. The molecule has 0 aliphatic heterocycles. The van der Waals surface area contributed by atoms with E-state index in [2.05, 4.69) is 5.32 Å². The second-order valence-electron chi connectivity index (χ2n) is 7.45. The molecule has 0 atom stereocenters. The first-order chi connectivity index (χ1) is 16.0. The molecule has 0 saturated heterocycles. The average Bonchev–Trinajstić information content (AvgIpc) is 2.79. The largest absolute Gasteiger partial charge is 0.495 e. The van der Waals surface area contributed by atoms with Gasteiger partial charge in [-0.15, -0.1) is 0 Å². The summed E-state index contributed by atoms with van der Waals surface area (Å²) in [5.74, 6) is -0.545. The maximum Gasteiger partial charge on any atom is 0.271 e. The lowest BCUT2D eigenvalue weighted by Gasteiger charge is -2.25. The Hall–Kier alpha value is -3.63. The summed E-state index contributed by atoms with van der Waals surface area (Å²) in [4.78, 5) is 23.5. The van der Waals surface area contributed by atoms with E-state index in [1.165, 1.54) is 37.4 Å². The van der Waals surface area contributed by atoms with Crippen molar-refractivity contribution in [3.8, 4) is 5.75 Å². The van der Waals surface area contributed by atoms with E-state index in [-0.39, 0.29) is 27.7 Å². The predicted molar refractivity (Wildman–Crippen MR) is 130 cm³/mol.